The third kappa shape index (κ3) is 5.48. The summed E-state index contributed by atoms with van der Waals surface area (Å²) in [6, 6.07) is 73.0. The highest BCUT2D eigenvalue weighted by Gasteiger charge is 2.36. The second kappa shape index (κ2) is 13.3. The van der Waals surface area contributed by atoms with E-state index in [2.05, 4.69) is 190 Å². The average Bonchev–Trinajstić information content (AvgIpc) is 3.94. The summed E-state index contributed by atoms with van der Waals surface area (Å²) in [5.74, 6) is 0.0263. The minimum atomic E-state index is -0.157. The van der Waals surface area contributed by atoms with Crippen LogP contribution >= 0.6 is 0 Å². The third-order valence-corrected chi connectivity index (χ3v) is 13.0. The van der Waals surface area contributed by atoms with Crippen molar-refractivity contribution in [2.24, 2.45) is 0 Å². The van der Waals surface area contributed by atoms with Crippen LogP contribution in [0.5, 0.6) is 0 Å². The fourth-order valence-corrected chi connectivity index (χ4v) is 9.87. The number of hydrogen-bond donors (Lipinski definition) is 0. The van der Waals surface area contributed by atoms with Crippen molar-refractivity contribution >= 4 is 43.9 Å². The molecule has 11 aromatic rings. The highest BCUT2D eigenvalue weighted by atomic mass is 16.3. The summed E-state index contributed by atoms with van der Waals surface area (Å²) in [5, 5.41) is 4.57. The quantitative estimate of drug-likeness (QED) is 0.158. The largest absolute Gasteiger partial charge is 0.456 e. The van der Waals surface area contributed by atoms with E-state index in [4.69, 9.17) is 8.83 Å². The molecule has 0 atom stereocenters. The van der Waals surface area contributed by atoms with Crippen LogP contribution in [0.4, 0.5) is 0 Å². The zero-order valence-corrected chi connectivity index (χ0v) is 33.4. The lowest BCUT2D eigenvalue weighted by Gasteiger charge is -2.25. The summed E-state index contributed by atoms with van der Waals surface area (Å²) in [7, 11) is 0. The number of furan rings is 2. The minimum Gasteiger partial charge on any atom is -0.456 e. The van der Waals surface area contributed by atoms with E-state index in [1.165, 1.54) is 72.3 Å². The molecule has 0 fully saturated rings. The number of para-hydroxylation sites is 2. The van der Waals surface area contributed by atoms with Crippen LogP contribution in [0.25, 0.3) is 88.4 Å². The molecule has 0 N–H and O–H groups in total. The van der Waals surface area contributed by atoms with E-state index in [0.29, 0.717) is 0 Å². The van der Waals surface area contributed by atoms with E-state index in [9.17, 15) is 0 Å². The van der Waals surface area contributed by atoms with E-state index in [0.717, 1.165) is 43.9 Å². The van der Waals surface area contributed by atoms with Gasteiger partial charge in [0.05, 0.1) is 0 Å². The Bertz CT molecular complexity index is 3280. The van der Waals surface area contributed by atoms with Gasteiger partial charge in [0.25, 0.3) is 0 Å². The van der Waals surface area contributed by atoms with Gasteiger partial charge >= 0.3 is 0 Å². The maximum absolute atomic E-state index is 6.15. The van der Waals surface area contributed by atoms with Crippen LogP contribution in [0, 0.1) is 0 Å². The molecule has 0 radical (unpaired) electrons. The molecule has 0 spiro atoms. The van der Waals surface area contributed by atoms with Gasteiger partial charge in [0.15, 0.2) is 0 Å². The Morgan fingerprint density at radius 3 is 1.28 bits per heavy atom. The molecule has 0 saturated heterocycles. The Labute approximate surface area is 349 Å². The van der Waals surface area contributed by atoms with Gasteiger partial charge in [-0.15, -0.1) is 0 Å². The molecule has 284 valence electrons. The molecule has 2 heterocycles. The lowest BCUT2D eigenvalue weighted by atomic mass is 9.78. The predicted octanol–water partition coefficient (Wildman–Crippen LogP) is 16.0. The maximum atomic E-state index is 6.15. The van der Waals surface area contributed by atoms with Crippen molar-refractivity contribution in [1.82, 2.24) is 0 Å². The summed E-state index contributed by atoms with van der Waals surface area (Å²) < 4.78 is 12.3. The summed E-state index contributed by atoms with van der Waals surface area (Å²) >= 11 is 0. The van der Waals surface area contributed by atoms with Crippen LogP contribution in [0.2, 0.25) is 0 Å². The van der Waals surface area contributed by atoms with Gasteiger partial charge in [-0.2, -0.15) is 0 Å². The maximum Gasteiger partial charge on any atom is 0.135 e. The lowest BCUT2D eigenvalue weighted by Crippen LogP contribution is -2.16. The molecule has 0 bridgehead atoms. The van der Waals surface area contributed by atoms with E-state index in [1.54, 1.807) is 0 Å². The Hall–Kier alpha value is -7.42. The van der Waals surface area contributed by atoms with E-state index < -0.39 is 0 Å². The zero-order valence-electron chi connectivity index (χ0n) is 33.4. The Kier molecular flexibility index (Phi) is 7.68. The van der Waals surface area contributed by atoms with Gasteiger partial charge in [-0.3, -0.25) is 0 Å². The molecule has 12 rings (SSSR count). The molecule has 2 heteroatoms. The monoisotopic (exact) mass is 768 g/mol. The molecule has 1 aliphatic carbocycles. The molecule has 1 aliphatic rings. The molecule has 0 amide bonds. The number of fused-ring (bicyclic) bond motifs is 9. The van der Waals surface area contributed by atoms with E-state index >= 15 is 0 Å². The van der Waals surface area contributed by atoms with Crippen LogP contribution in [0.15, 0.2) is 209 Å². The van der Waals surface area contributed by atoms with Crippen LogP contribution in [-0.2, 0) is 5.41 Å². The van der Waals surface area contributed by atoms with Gasteiger partial charge < -0.3 is 8.83 Å². The summed E-state index contributed by atoms with van der Waals surface area (Å²) in [4.78, 5) is 0. The van der Waals surface area contributed by atoms with Crippen molar-refractivity contribution in [1.29, 1.82) is 0 Å². The van der Waals surface area contributed by atoms with Crippen molar-refractivity contribution in [2.75, 3.05) is 0 Å². The molecule has 60 heavy (non-hydrogen) atoms. The first-order chi connectivity index (χ1) is 29.5. The summed E-state index contributed by atoms with van der Waals surface area (Å²) in [5.41, 5.74) is 19.9. The first-order valence-corrected chi connectivity index (χ1v) is 20.8. The van der Waals surface area contributed by atoms with Crippen molar-refractivity contribution in [2.45, 2.75) is 25.2 Å². The lowest BCUT2D eigenvalue weighted by molar-refractivity contribution is 0.659. The third-order valence-electron chi connectivity index (χ3n) is 13.0. The van der Waals surface area contributed by atoms with Gasteiger partial charge in [-0.05, 0) is 115 Å². The normalized spacial score (nSPS) is 13.1. The molecule has 0 unspecified atom stereocenters. The fraction of sp³-hybridized carbons (Fsp3) is 0.0690. The van der Waals surface area contributed by atoms with Crippen molar-refractivity contribution < 1.29 is 8.83 Å². The average molecular weight is 769 g/mol. The van der Waals surface area contributed by atoms with Gasteiger partial charge in [0.1, 0.15) is 22.3 Å². The van der Waals surface area contributed by atoms with Gasteiger partial charge in [0.2, 0.25) is 0 Å². The van der Waals surface area contributed by atoms with E-state index in [1.807, 2.05) is 24.3 Å². The van der Waals surface area contributed by atoms with Crippen molar-refractivity contribution in [3.05, 3.63) is 228 Å². The standard InChI is InChI=1S/C58H40O2/c1-58(2)51-34-43(36-10-4-3-5-11-36)24-28-45(51)46-29-25-44(35-52(46)58)57(39-20-16-37(17-21-39)41-26-30-55-49(32-41)47-12-6-8-14-53(47)59-55)40-22-18-38(19-23-40)42-27-31-56-50(33-42)48-13-7-9-15-54(48)60-56/h3-35,57H,1-2H3. The second-order valence-electron chi connectivity index (χ2n) is 16.9. The topological polar surface area (TPSA) is 26.3 Å². The van der Waals surface area contributed by atoms with Gasteiger partial charge in [-0.25, -0.2) is 0 Å². The summed E-state index contributed by atoms with van der Waals surface area (Å²) in [6.45, 7) is 4.77. The molecular weight excluding hydrogens is 729 g/mol. The SMILES string of the molecule is CC1(C)c2cc(-c3ccccc3)ccc2-c2ccc(C(c3ccc(-c4ccc5oc6ccccc6c5c4)cc3)c3ccc(-c4ccc5oc6ccccc6c5c4)cc3)cc21. The highest BCUT2D eigenvalue weighted by Crippen LogP contribution is 2.51. The zero-order chi connectivity index (χ0) is 40.0. The molecule has 9 aromatic carbocycles. The van der Waals surface area contributed by atoms with Crippen LogP contribution < -0.4 is 0 Å². The fourth-order valence-electron chi connectivity index (χ4n) is 9.87. The van der Waals surface area contributed by atoms with Crippen molar-refractivity contribution in [3.8, 4) is 44.5 Å². The summed E-state index contributed by atoms with van der Waals surface area (Å²) in [6.07, 6.45) is 0. The van der Waals surface area contributed by atoms with Crippen LogP contribution in [0.3, 0.4) is 0 Å². The number of benzene rings is 9. The number of hydrogen-bond acceptors (Lipinski definition) is 2. The second-order valence-corrected chi connectivity index (χ2v) is 16.9. The number of rotatable bonds is 6. The molecular formula is C58H40O2. The molecule has 2 nitrogen and oxygen atoms in total. The molecule has 2 aromatic heterocycles. The minimum absolute atomic E-state index is 0.0263. The van der Waals surface area contributed by atoms with Crippen molar-refractivity contribution in [3.63, 3.8) is 0 Å². The van der Waals surface area contributed by atoms with Crippen LogP contribution in [0.1, 0.15) is 47.6 Å². The highest BCUT2D eigenvalue weighted by molar-refractivity contribution is 6.07. The first kappa shape index (κ1) is 34.6. The van der Waals surface area contributed by atoms with Gasteiger partial charge in [-0.1, -0.05) is 172 Å². The molecule has 0 aliphatic heterocycles. The first-order valence-electron chi connectivity index (χ1n) is 20.8. The van der Waals surface area contributed by atoms with Gasteiger partial charge in [0, 0.05) is 32.9 Å². The Morgan fingerprint density at radius 1 is 0.317 bits per heavy atom. The Balaban J connectivity index is 0.950. The Morgan fingerprint density at radius 2 is 0.717 bits per heavy atom. The molecule has 0 saturated carbocycles. The predicted molar refractivity (Wildman–Crippen MR) is 249 cm³/mol. The van der Waals surface area contributed by atoms with Crippen LogP contribution in [-0.4, -0.2) is 0 Å². The smallest absolute Gasteiger partial charge is 0.135 e. The van der Waals surface area contributed by atoms with E-state index in [-0.39, 0.29) is 11.3 Å².